The average molecular weight is 353 g/mol. The Morgan fingerprint density at radius 3 is 2.80 bits per heavy atom. The standard InChI is InChI=1S/C15H11BrClNO2/c1-20-15(19)11-5-6-13(17)14(8-11)18-9-10-3-2-4-12(16)7-10/h2-9H,1H3/b18-9+. The normalized spacial score (nSPS) is 10.8. The molecule has 0 radical (unpaired) electrons. The Balaban J connectivity index is 2.30. The van der Waals surface area contributed by atoms with Gasteiger partial charge in [0.2, 0.25) is 0 Å². The van der Waals surface area contributed by atoms with Crippen molar-refractivity contribution in [1.29, 1.82) is 0 Å². The molecule has 0 aliphatic rings. The lowest BCUT2D eigenvalue weighted by molar-refractivity contribution is 0.0601. The third-order valence-corrected chi connectivity index (χ3v) is 3.38. The minimum absolute atomic E-state index is 0.415. The molecule has 0 bridgehead atoms. The summed E-state index contributed by atoms with van der Waals surface area (Å²) in [6.07, 6.45) is 1.69. The molecule has 0 fully saturated rings. The van der Waals surface area contributed by atoms with E-state index in [0.717, 1.165) is 10.0 Å². The molecule has 0 heterocycles. The highest BCUT2D eigenvalue weighted by Gasteiger charge is 2.08. The molecule has 0 saturated carbocycles. The number of methoxy groups -OCH3 is 1. The molecule has 0 unspecified atom stereocenters. The van der Waals surface area contributed by atoms with E-state index in [1.165, 1.54) is 7.11 Å². The maximum Gasteiger partial charge on any atom is 0.337 e. The first kappa shape index (κ1) is 14.8. The molecule has 3 nitrogen and oxygen atoms in total. The number of nitrogens with zero attached hydrogens (tertiary/aromatic N) is 1. The van der Waals surface area contributed by atoms with E-state index in [0.29, 0.717) is 16.3 Å². The third-order valence-electron chi connectivity index (χ3n) is 2.57. The molecule has 0 spiro atoms. The van der Waals surface area contributed by atoms with Crippen LogP contribution in [-0.4, -0.2) is 19.3 Å². The van der Waals surface area contributed by atoms with Crippen LogP contribution in [0.2, 0.25) is 5.02 Å². The van der Waals surface area contributed by atoms with E-state index >= 15 is 0 Å². The third kappa shape index (κ3) is 3.68. The largest absolute Gasteiger partial charge is 0.465 e. The van der Waals surface area contributed by atoms with Crippen molar-refractivity contribution in [3.63, 3.8) is 0 Å². The Bertz CT molecular complexity index is 671. The second-order valence-corrected chi connectivity index (χ2v) is 5.29. The summed E-state index contributed by atoms with van der Waals surface area (Å²) >= 11 is 9.46. The van der Waals surface area contributed by atoms with Crippen molar-refractivity contribution in [3.05, 3.63) is 63.1 Å². The Kier molecular flexibility index (Phi) is 4.93. The number of carbonyl (C=O) groups is 1. The molecule has 2 rings (SSSR count). The summed E-state index contributed by atoms with van der Waals surface area (Å²) in [7, 11) is 1.33. The molecule has 2 aromatic carbocycles. The topological polar surface area (TPSA) is 38.7 Å². The quantitative estimate of drug-likeness (QED) is 0.596. The minimum Gasteiger partial charge on any atom is -0.465 e. The summed E-state index contributed by atoms with van der Waals surface area (Å²) in [5.74, 6) is -0.416. The fourth-order valence-electron chi connectivity index (χ4n) is 1.59. The van der Waals surface area contributed by atoms with E-state index in [9.17, 15) is 4.79 Å². The first-order chi connectivity index (χ1) is 9.60. The molecule has 0 aliphatic carbocycles. The lowest BCUT2D eigenvalue weighted by atomic mass is 10.2. The van der Waals surface area contributed by atoms with Crippen molar-refractivity contribution in [2.45, 2.75) is 0 Å². The number of hydrogen-bond acceptors (Lipinski definition) is 3. The Labute approximate surface area is 130 Å². The van der Waals surface area contributed by atoms with E-state index in [1.54, 1.807) is 24.4 Å². The summed E-state index contributed by atoms with van der Waals surface area (Å²) < 4.78 is 5.64. The van der Waals surface area contributed by atoms with Gasteiger partial charge < -0.3 is 4.74 Å². The van der Waals surface area contributed by atoms with Gasteiger partial charge in [0.1, 0.15) is 0 Å². The lowest BCUT2D eigenvalue weighted by Crippen LogP contribution is -2.00. The number of rotatable bonds is 3. The molecule has 0 atom stereocenters. The second-order valence-electron chi connectivity index (χ2n) is 3.97. The first-order valence-corrected chi connectivity index (χ1v) is 6.95. The predicted molar refractivity (Wildman–Crippen MR) is 84.2 cm³/mol. The average Bonchev–Trinajstić information content (AvgIpc) is 2.45. The molecule has 0 saturated heterocycles. The molecular formula is C15H11BrClNO2. The van der Waals surface area contributed by atoms with Crippen LogP contribution in [0.15, 0.2) is 51.9 Å². The van der Waals surface area contributed by atoms with Gasteiger partial charge in [-0.1, -0.05) is 39.7 Å². The van der Waals surface area contributed by atoms with Gasteiger partial charge in [0.15, 0.2) is 0 Å². The van der Waals surface area contributed by atoms with Gasteiger partial charge in [-0.3, -0.25) is 4.99 Å². The summed E-state index contributed by atoms with van der Waals surface area (Å²) in [6, 6.07) is 12.5. The fraction of sp³-hybridized carbons (Fsp3) is 0.0667. The van der Waals surface area contributed by atoms with E-state index < -0.39 is 5.97 Å². The predicted octanol–water partition coefficient (Wildman–Crippen LogP) is 4.64. The van der Waals surface area contributed by atoms with Gasteiger partial charge in [0.25, 0.3) is 0 Å². The summed E-state index contributed by atoms with van der Waals surface area (Å²) in [4.78, 5) is 15.8. The lowest BCUT2D eigenvalue weighted by Gasteiger charge is -2.02. The van der Waals surface area contributed by atoms with E-state index in [4.69, 9.17) is 11.6 Å². The number of benzene rings is 2. The van der Waals surface area contributed by atoms with Crippen LogP contribution in [0, 0.1) is 0 Å². The Morgan fingerprint density at radius 1 is 1.30 bits per heavy atom. The van der Waals surface area contributed by atoms with Crippen LogP contribution in [0.25, 0.3) is 0 Å². The number of halogens is 2. The van der Waals surface area contributed by atoms with Crippen molar-refractivity contribution < 1.29 is 9.53 Å². The smallest absolute Gasteiger partial charge is 0.337 e. The Morgan fingerprint density at radius 2 is 2.10 bits per heavy atom. The Hall–Kier alpha value is -1.65. The number of hydrogen-bond donors (Lipinski definition) is 0. The van der Waals surface area contributed by atoms with Crippen molar-refractivity contribution >= 4 is 45.4 Å². The highest BCUT2D eigenvalue weighted by molar-refractivity contribution is 9.10. The van der Waals surface area contributed by atoms with Gasteiger partial charge in [0.05, 0.1) is 23.4 Å². The van der Waals surface area contributed by atoms with Gasteiger partial charge in [-0.05, 0) is 35.9 Å². The zero-order valence-corrected chi connectivity index (χ0v) is 13.0. The van der Waals surface area contributed by atoms with Gasteiger partial charge in [-0.15, -0.1) is 0 Å². The highest BCUT2D eigenvalue weighted by Crippen LogP contribution is 2.26. The van der Waals surface area contributed by atoms with Crippen LogP contribution in [0.1, 0.15) is 15.9 Å². The van der Waals surface area contributed by atoms with Crippen molar-refractivity contribution in [2.24, 2.45) is 4.99 Å². The van der Waals surface area contributed by atoms with Crippen LogP contribution in [-0.2, 0) is 4.74 Å². The van der Waals surface area contributed by atoms with E-state index in [1.807, 2.05) is 24.3 Å². The van der Waals surface area contributed by atoms with E-state index in [2.05, 4.69) is 25.7 Å². The number of esters is 1. The fourth-order valence-corrected chi connectivity index (χ4v) is 2.17. The van der Waals surface area contributed by atoms with Gasteiger partial charge in [0, 0.05) is 10.7 Å². The number of carbonyl (C=O) groups excluding carboxylic acids is 1. The minimum atomic E-state index is -0.416. The monoisotopic (exact) mass is 351 g/mol. The number of ether oxygens (including phenoxy) is 1. The molecule has 2 aromatic rings. The van der Waals surface area contributed by atoms with Crippen molar-refractivity contribution in [2.75, 3.05) is 7.11 Å². The maximum atomic E-state index is 11.5. The van der Waals surface area contributed by atoms with Crippen LogP contribution < -0.4 is 0 Å². The molecule has 0 N–H and O–H groups in total. The van der Waals surface area contributed by atoms with Gasteiger partial charge in [-0.25, -0.2) is 4.79 Å². The molecule has 5 heteroatoms. The molecule has 0 amide bonds. The van der Waals surface area contributed by atoms with Gasteiger partial charge >= 0.3 is 5.97 Å². The molecule has 0 aliphatic heterocycles. The first-order valence-electron chi connectivity index (χ1n) is 5.77. The van der Waals surface area contributed by atoms with Crippen molar-refractivity contribution in [1.82, 2.24) is 0 Å². The zero-order chi connectivity index (χ0) is 14.5. The molecule has 102 valence electrons. The van der Waals surface area contributed by atoms with E-state index in [-0.39, 0.29) is 0 Å². The second kappa shape index (κ2) is 6.68. The maximum absolute atomic E-state index is 11.5. The zero-order valence-electron chi connectivity index (χ0n) is 10.6. The van der Waals surface area contributed by atoms with Crippen LogP contribution in [0.4, 0.5) is 5.69 Å². The van der Waals surface area contributed by atoms with Crippen LogP contribution in [0.5, 0.6) is 0 Å². The molecule has 20 heavy (non-hydrogen) atoms. The van der Waals surface area contributed by atoms with Crippen LogP contribution >= 0.6 is 27.5 Å². The van der Waals surface area contributed by atoms with Gasteiger partial charge in [-0.2, -0.15) is 0 Å². The SMILES string of the molecule is COC(=O)c1ccc(Cl)c(/N=C/c2cccc(Br)c2)c1. The van der Waals surface area contributed by atoms with Crippen LogP contribution in [0.3, 0.4) is 0 Å². The summed E-state index contributed by atoms with van der Waals surface area (Å²) in [5, 5.41) is 0.476. The summed E-state index contributed by atoms with van der Waals surface area (Å²) in [5.41, 5.74) is 1.87. The highest BCUT2D eigenvalue weighted by atomic mass is 79.9. The molecule has 0 aromatic heterocycles. The van der Waals surface area contributed by atoms with Crippen molar-refractivity contribution in [3.8, 4) is 0 Å². The summed E-state index contributed by atoms with van der Waals surface area (Å²) in [6.45, 7) is 0. The molecular weight excluding hydrogens is 342 g/mol. The number of aliphatic imine (C=N–C) groups is 1.